The maximum atomic E-state index is 11.5. The minimum absolute atomic E-state index is 0.303. The van der Waals surface area contributed by atoms with E-state index in [0.717, 1.165) is 12.8 Å². The smallest absolute Gasteiger partial charge is 0.332 e. The number of carbonyl (C=O) groups is 2. The van der Waals surface area contributed by atoms with Gasteiger partial charge in [-0.3, -0.25) is 4.79 Å². The van der Waals surface area contributed by atoms with Crippen LogP contribution < -0.4 is 5.48 Å². The number of unbranched alkanes of at least 4 members (excludes halogenated alkanes) is 1. The fourth-order valence-corrected chi connectivity index (χ4v) is 1.26. The predicted molar refractivity (Wildman–Crippen MR) is 64.5 cm³/mol. The molecule has 1 rings (SSSR count). The van der Waals surface area contributed by atoms with Crippen molar-refractivity contribution in [2.24, 2.45) is 0 Å². The van der Waals surface area contributed by atoms with Crippen molar-refractivity contribution in [1.82, 2.24) is 5.48 Å². The molecule has 0 bridgehead atoms. The van der Waals surface area contributed by atoms with Crippen molar-refractivity contribution in [3.63, 3.8) is 0 Å². The molecule has 0 saturated heterocycles. The first kappa shape index (κ1) is 13.5. The van der Waals surface area contributed by atoms with E-state index in [1.54, 1.807) is 24.3 Å². The average Bonchev–Trinajstić information content (AvgIpc) is 2.34. The van der Waals surface area contributed by atoms with Crippen LogP contribution >= 0.6 is 11.6 Å². The van der Waals surface area contributed by atoms with Crippen molar-refractivity contribution in [3.05, 3.63) is 34.9 Å². The molecule has 0 aromatic heterocycles. The normalized spacial score (nSPS) is 9.76. The number of amides is 1. The van der Waals surface area contributed by atoms with Crippen LogP contribution in [0, 0.1) is 0 Å². The van der Waals surface area contributed by atoms with Gasteiger partial charge >= 0.3 is 5.97 Å². The van der Waals surface area contributed by atoms with E-state index in [9.17, 15) is 9.59 Å². The number of carbonyl (C=O) groups excluding carboxylic acids is 2. The molecule has 1 aromatic rings. The Kier molecular flexibility index (Phi) is 5.49. The summed E-state index contributed by atoms with van der Waals surface area (Å²) in [6, 6.07) is 6.29. The summed E-state index contributed by atoms with van der Waals surface area (Å²) >= 11 is 5.68. The second-order valence-electron chi connectivity index (χ2n) is 3.52. The van der Waals surface area contributed by atoms with Crippen LogP contribution in [-0.2, 0) is 9.63 Å². The Morgan fingerprint density at radius 1 is 1.29 bits per heavy atom. The van der Waals surface area contributed by atoms with Crippen molar-refractivity contribution < 1.29 is 14.4 Å². The van der Waals surface area contributed by atoms with Gasteiger partial charge in [0.25, 0.3) is 5.91 Å². The van der Waals surface area contributed by atoms with Crippen molar-refractivity contribution in [2.45, 2.75) is 26.2 Å². The third-order valence-corrected chi connectivity index (χ3v) is 2.35. The fourth-order valence-electron chi connectivity index (χ4n) is 1.14. The first-order chi connectivity index (χ1) is 8.13. The van der Waals surface area contributed by atoms with Gasteiger partial charge in [0, 0.05) is 17.0 Å². The van der Waals surface area contributed by atoms with E-state index in [1.807, 2.05) is 6.92 Å². The molecule has 1 aromatic carbocycles. The number of nitrogens with one attached hydrogen (secondary N) is 1. The largest absolute Gasteiger partial charge is 0.341 e. The fraction of sp³-hybridized carbons (Fsp3) is 0.333. The van der Waals surface area contributed by atoms with Crippen molar-refractivity contribution in [3.8, 4) is 0 Å². The summed E-state index contributed by atoms with van der Waals surface area (Å²) in [5, 5.41) is 0.543. The topological polar surface area (TPSA) is 55.4 Å². The third kappa shape index (κ3) is 4.87. The number of benzene rings is 1. The van der Waals surface area contributed by atoms with E-state index in [2.05, 4.69) is 10.3 Å². The number of rotatable bonds is 4. The predicted octanol–water partition coefficient (Wildman–Crippen LogP) is 2.72. The van der Waals surface area contributed by atoms with Gasteiger partial charge in [0.15, 0.2) is 0 Å². The Morgan fingerprint density at radius 2 is 1.94 bits per heavy atom. The summed E-state index contributed by atoms with van der Waals surface area (Å²) in [6.45, 7) is 1.97. The van der Waals surface area contributed by atoms with Crippen LogP contribution in [-0.4, -0.2) is 11.9 Å². The molecule has 0 heterocycles. The zero-order valence-electron chi connectivity index (χ0n) is 9.53. The average molecular weight is 256 g/mol. The van der Waals surface area contributed by atoms with Crippen LogP contribution in [0.25, 0.3) is 0 Å². The lowest BCUT2D eigenvalue weighted by Gasteiger charge is -2.05. The highest BCUT2D eigenvalue weighted by Gasteiger charge is 2.08. The Bertz CT molecular complexity index is 389. The van der Waals surface area contributed by atoms with Gasteiger partial charge in [0.1, 0.15) is 0 Å². The molecule has 92 valence electrons. The molecular weight excluding hydrogens is 242 g/mol. The van der Waals surface area contributed by atoms with E-state index >= 15 is 0 Å². The van der Waals surface area contributed by atoms with Crippen molar-refractivity contribution in [1.29, 1.82) is 0 Å². The summed E-state index contributed by atoms with van der Waals surface area (Å²) in [4.78, 5) is 27.3. The summed E-state index contributed by atoms with van der Waals surface area (Å²) in [7, 11) is 0. The lowest BCUT2D eigenvalue weighted by atomic mass is 10.2. The monoisotopic (exact) mass is 255 g/mol. The molecular formula is C12H14ClNO3. The molecule has 1 amide bonds. The van der Waals surface area contributed by atoms with E-state index in [0.29, 0.717) is 17.0 Å². The maximum Gasteiger partial charge on any atom is 0.332 e. The highest BCUT2D eigenvalue weighted by Crippen LogP contribution is 2.09. The van der Waals surface area contributed by atoms with E-state index < -0.39 is 11.9 Å². The molecule has 0 aliphatic heterocycles. The van der Waals surface area contributed by atoms with Gasteiger partial charge in [-0.25, -0.2) is 4.79 Å². The first-order valence-electron chi connectivity index (χ1n) is 5.39. The highest BCUT2D eigenvalue weighted by molar-refractivity contribution is 6.30. The van der Waals surface area contributed by atoms with Crippen molar-refractivity contribution in [2.75, 3.05) is 0 Å². The van der Waals surface area contributed by atoms with Crippen LogP contribution in [0.2, 0.25) is 5.02 Å². The van der Waals surface area contributed by atoms with Gasteiger partial charge in [0.05, 0.1) is 0 Å². The molecule has 0 spiro atoms. The second kappa shape index (κ2) is 6.91. The lowest BCUT2D eigenvalue weighted by Crippen LogP contribution is -2.26. The molecule has 1 N–H and O–H groups in total. The lowest BCUT2D eigenvalue weighted by molar-refractivity contribution is -0.149. The summed E-state index contributed by atoms with van der Waals surface area (Å²) in [5.41, 5.74) is 2.48. The standard InChI is InChI=1S/C12H14ClNO3/c1-2-3-4-11(15)17-14-12(16)9-5-7-10(13)8-6-9/h5-8H,2-4H2,1H3,(H,14,16). The zero-order chi connectivity index (χ0) is 12.7. The van der Waals surface area contributed by atoms with Gasteiger partial charge in [-0.1, -0.05) is 24.9 Å². The summed E-state index contributed by atoms with van der Waals surface area (Å²) < 4.78 is 0. The van der Waals surface area contributed by atoms with Crippen LogP contribution in [0.5, 0.6) is 0 Å². The van der Waals surface area contributed by atoms with Gasteiger partial charge in [0.2, 0.25) is 0 Å². The Balaban J connectivity index is 2.39. The number of halogens is 1. The second-order valence-corrected chi connectivity index (χ2v) is 3.95. The molecule has 0 atom stereocenters. The third-order valence-electron chi connectivity index (χ3n) is 2.10. The van der Waals surface area contributed by atoms with Gasteiger partial charge in [-0.05, 0) is 30.7 Å². The molecule has 0 fully saturated rings. The van der Waals surface area contributed by atoms with Gasteiger partial charge in [-0.15, -0.1) is 0 Å². The zero-order valence-corrected chi connectivity index (χ0v) is 10.3. The number of hydrogen-bond acceptors (Lipinski definition) is 3. The van der Waals surface area contributed by atoms with E-state index in [4.69, 9.17) is 11.6 Å². The highest BCUT2D eigenvalue weighted by atomic mass is 35.5. The molecule has 0 aliphatic carbocycles. The Morgan fingerprint density at radius 3 is 2.53 bits per heavy atom. The minimum Gasteiger partial charge on any atom is -0.341 e. The minimum atomic E-state index is -0.466. The summed E-state index contributed by atoms with van der Waals surface area (Å²) in [5.74, 6) is -0.902. The Hall–Kier alpha value is -1.55. The summed E-state index contributed by atoms with van der Waals surface area (Å²) in [6.07, 6.45) is 1.95. The molecule has 5 heteroatoms. The van der Waals surface area contributed by atoms with Crippen LogP contribution in [0.1, 0.15) is 36.5 Å². The van der Waals surface area contributed by atoms with Gasteiger partial charge < -0.3 is 4.84 Å². The van der Waals surface area contributed by atoms with Crippen molar-refractivity contribution >= 4 is 23.5 Å². The van der Waals surface area contributed by atoms with Crippen LogP contribution in [0.15, 0.2) is 24.3 Å². The van der Waals surface area contributed by atoms with E-state index in [-0.39, 0.29) is 0 Å². The molecule has 17 heavy (non-hydrogen) atoms. The number of hydroxylamine groups is 1. The van der Waals surface area contributed by atoms with Crippen LogP contribution in [0.4, 0.5) is 0 Å². The first-order valence-corrected chi connectivity index (χ1v) is 5.77. The van der Waals surface area contributed by atoms with Crippen LogP contribution in [0.3, 0.4) is 0 Å². The van der Waals surface area contributed by atoms with E-state index in [1.165, 1.54) is 0 Å². The SMILES string of the molecule is CCCCC(=O)ONC(=O)c1ccc(Cl)cc1. The quantitative estimate of drug-likeness (QED) is 0.842. The molecule has 0 unspecified atom stereocenters. The maximum absolute atomic E-state index is 11.5. The number of hydrogen-bond donors (Lipinski definition) is 1. The molecule has 0 saturated carbocycles. The van der Waals surface area contributed by atoms with Gasteiger partial charge in [-0.2, -0.15) is 5.48 Å². The Labute approximate surface area is 105 Å². The molecule has 4 nitrogen and oxygen atoms in total. The molecule has 0 aliphatic rings. The molecule has 0 radical (unpaired) electrons.